The van der Waals surface area contributed by atoms with E-state index in [1.165, 1.54) is 57.8 Å². The van der Waals surface area contributed by atoms with E-state index in [-0.39, 0.29) is 0 Å². The van der Waals surface area contributed by atoms with E-state index in [9.17, 15) is 4.79 Å². The molecule has 1 heterocycles. The van der Waals surface area contributed by atoms with Crippen LogP contribution in [-0.4, -0.2) is 36.5 Å². The van der Waals surface area contributed by atoms with Gasteiger partial charge in [0.1, 0.15) is 0 Å². The minimum absolute atomic E-state index is 0.395. The molecule has 20 heavy (non-hydrogen) atoms. The van der Waals surface area contributed by atoms with Gasteiger partial charge >= 0.3 is 0 Å². The Morgan fingerprint density at radius 1 is 1.05 bits per heavy atom. The number of likely N-dealkylation sites (N-methyl/N-ethyl adjacent to an activating group) is 1. The zero-order chi connectivity index (χ0) is 14.2. The maximum Gasteiger partial charge on any atom is 0.222 e. The van der Waals surface area contributed by atoms with Gasteiger partial charge in [0.05, 0.1) is 0 Å². The molecule has 3 nitrogen and oxygen atoms in total. The second kappa shape index (κ2) is 8.66. The average molecular weight is 280 g/mol. The van der Waals surface area contributed by atoms with Crippen LogP contribution in [0.1, 0.15) is 71.1 Å². The van der Waals surface area contributed by atoms with Crippen molar-refractivity contribution in [2.24, 2.45) is 5.92 Å². The molecule has 2 aliphatic rings. The first-order valence-electron chi connectivity index (χ1n) is 8.80. The monoisotopic (exact) mass is 280 g/mol. The minimum atomic E-state index is 0.395. The van der Waals surface area contributed by atoms with E-state index < -0.39 is 0 Å². The van der Waals surface area contributed by atoms with Crippen LogP contribution in [0.2, 0.25) is 0 Å². The van der Waals surface area contributed by atoms with Crippen molar-refractivity contribution in [3.05, 3.63) is 0 Å². The minimum Gasteiger partial charge on any atom is -0.341 e. The third kappa shape index (κ3) is 5.08. The highest BCUT2D eigenvalue weighted by molar-refractivity contribution is 5.76. The summed E-state index contributed by atoms with van der Waals surface area (Å²) < 4.78 is 0. The van der Waals surface area contributed by atoms with Crippen molar-refractivity contribution in [1.82, 2.24) is 10.2 Å². The molecule has 1 unspecified atom stereocenters. The molecule has 0 aromatic rings. The number of amides is 1. The lowest BCUT2D eigenvalue weighted by Crippen LogP contribution is -2.46. The van der Waals surface area contributed by atoms with Gasteiger partial charge in [0.15, 0.2) is 0 Å². The number of nitrogens with one attached hydrogen (secondary N) is 1. The summed E-state index contributed by atoms with van der Waals surface area (Å²) in [6, 6.07) is 0.529. The van der Waals surface area contributed by atoms with E-state index in [1.807, 2.05) is 0 Å². The number of hydrogen-bond donors (Lipinski definition) is 1. The predicted octanol–water partition coefficient (Wildman–Crippen LogP) is 3.34. The fourth-order valence-electron chi connectivity index (χ4n) is 3.70. The summed E-state index contributed by atoms with van der Waals surface area (Å²) in [4.78, 5) is 14.6. The first-order valence-corrected chi connectivity index (χ1v) is 8.80. The highest BCUT2D eigenvalue weighted by atomic mass is 16.2. The Hall–Kier alpha value is -0.570. The van der Waals surface area contributed by atoms with E-state index in [0.29, 0.717) is 17.9 Å². The zero-order valence-electron chi connectivity index (χ0n) is 13.2. The van der Waals surface area contributed by atoms with Crippen LogP contribution in [-0.2, 0) is 4.79 Å². The lowest BCUT2D eigenvalue weighted by molar-refractivity contribution is -0.132. The quantitative estimate of drug-likeness (QED) is 0.783. The molecular weight excluding hydrogens is 248 g/mol. The summed E-state index contributed by atoms with van der Waals surface area (Å²) in [5.41, 5.74) is 0. The Morgan fingerprint density at radius 2 is 1.75 bits per heavy atom. The molecule has 3 heteroatoms. The van der Waals surface area contributed by atoms with Crippen LogP contribution in [0, 0.1) is 5.92 Å². The highest BCUT2D eigenvalue weighted by Crippen LogP contribution is 2.26. The van der Waals surface area contributed by atoms with Crippen LogP contribution >= 0.6 is 0 Å². The third-order valence-corrected chi connectivity index (χ3v) is 5.03. The lowest BCUT2D eigenvalue weighted by Gasteiger charge is -2.31. The summed E-state index contributed by atoms with van der Waals surface area (Å²) in [5.74, 6) is 1.05. The molecule has 1 atom stereocenters. The van der Waals surface area contributed by atoms with Gasteiger partial charge in [-0.3, -0.25) is 4.79 Å². The largest absolute Gasteiger partial charge is 0.341 e. The van der Waals surface area contributed by atoms with E-state index in [4.69, 9.17) is 0 Å². The van der Waals surface area contributed by atoms with E-state index in [2.05, 4.69) is 17.1 Å². The fraction of sp³-hybridized carbons (Fsp3) is 0.941. The van der Waals surface area contributed by atoms with E-state index in [0.717, 1.165) is 26.1 Å². The Kier molecular flexibility index (Phi) is 6.85. The zero-order valence-corrected chi connectivity index (χ0v) is 13.2. The van der Waals surface area contributed by atoms with Gasteiger partial charge in [-0.25, -0.2) is 0 Å². The molecule has 1 aliphatic carbocycles. The summed E-state index contributed by atoms with van der Waals surface area (Å²) in [6.07, 6.45) is 12.6. The Morgan fingerprint density at radius 3 is 2.35 bits per heavy atom. The lowest BCUT2D eigenvalue weighted by atomic mass is 9.95. The van der Waals surface area contributed by atoms with Gasteiger partial charge in [0.25, 0.3) is 0 Å². The molecule has 0 spiro atoms. The molecule has 0 bridgehead atoms. The predicted molar refractivity (Wildman–Crippen MR) is 83.7 cm³/mol. The number of hydrogen-bond acceptors (Lipinski definition) is 2. The van der Waals surface area contributed by atoms with Crippen LogP contribution in [0.4, 0.5) is 0 Å². The van der Waals surface area contributed by atoms with Gasteiger partial charge in [-0.15, -0.1) is 0 Å². The molecule has 1 saturated carbocycles. The number of carbonyl (C=O) groups is 1. The second-order valence-corrected chi connectivity index (χ2v) is 6.64. The average Bonchev–Trinajstić information content (AvgIpc) is 2.74. The molecule has 0 aromatic heterocycles. The van der Waals surface area contributed by atoms with Crippen molar-refractivity contribution in [3.63, 3.8) is 0 Å². The molecule has 0 aromatic carbocycles. The third-order valence-electron chi connectivity index (χ3n) is 5.03. The molecule has 0 radical (unpaired) electrons. The van der Waals surface area contributed by atoms with E-state index in [1.54, 1.807) is 0 Å². The van der Waals surface area contributed by atoms with Crippen molar-refractivity contribution in [2.75, 3.05) is 19.6 Å². The van der Waals surface area contributed by atoms with Gasteiger partial charge in [-0.05, 0) is 45.1 Å². The number of piperidine rings is 1. The van der Waals surface area contributed by atoms with Gasteiger partial charge < -0.3 is 10.2 Å². The van der Waals surface area contributed by atoms with Crippen LogP contribution < -0.4 is 5.32 Å². The molecule has 2 rings (SSSR count). The molecule has 1 amide bonds. The maximum absolute atomic E-state index is 12.5. The number of carbonyl (C=O) groups excluding carboxylic acids is 1. The Balaban J connectivity index is 1.77. The van der Waals surface area contributed by atoms with E-state index >= 15 is 0 Å². The summed E-state index contributed by atoms with van der Waals surface area (Å²) in [7, 11) is 0. The standard InChI is InChI=1S/C17H32N2O/c1-2-19(14-16-11-7-8-12-18-16)17(20)13-15-9-5-3-4-6-10-15/h15-16,18H,2-14H2,1H3. The Bertz CT molecular complexity index is 279. The van der Waals surface area contributed by atoms with Gasteiger partial charge in [0, 0.05) is 25.6 Å². The summed E-state index contributed by atoms with van der Waals surface area (Å²) in [6.45, 7) is 5.03. The van der Waals surface area contributed by atoms with Crippen molar-refractivity contribution in [2.45, 2.75) is 77.2 Å². The number of rotatable bonds is 5. The van der Waals surface area contributed by atoms with Crippen LogP contribution in [0.15, 0.2) is 0 Å². The van der Waals surface area contributed by atoms with Gasteiger partial charge in [-0.1, -0.05) is 32.1 Å². The molecule has 116 valence electrons. The van der Waals surface area contributed by atoms with Crippen LogP contribution in [0.3, 0.4) is 0 Å². The van der Waals surface area contributed by atoms with Gasteiger partial charge in [-0.2, -0.15) is 0 Å². The maximum atomic E-state index is 12.5. The fourth-order valence-corrected chi connectivity index (χ4v) is 3.70. The summed E-state index contributed by atoms with van der Waals surface area (Å²) >= 11 is 0. The summed E-state index contributed by atoms with van der Waals surface area (Å²) in [5, 5.41) is 3.56. The van der Waals surface area contributed by atoms with Crippen LogP contribution in [0.25, 0.3) is 0 Å². The SMILES string of the molecule is CCN(CC1CCCCN1)C(=O)CC1CCCCCC1. The van der Waals surface area contributed by atoms with Crippen molar-refractivity contribution >= 4 is 5.91 Å². The molecule has 1 N–H and O–H groups in total. The topological polar surface area (TPSA) is 32.3 Å². The first kappa shape index (κ1) is 15.8. The molecule has 1 saturated heterocycles. The van der Waals surface area contributed by atoms with Crippen LogP contribution in [0.5, 0.6) is 0 Å². The van der Waals surface area contributed by atoms with Gasteiger partial charge in [0.2, 0.25) is 5.91 Å². The molecule has 1 aliphatic heterocycles. The first-order chi connectivity index (χ1) is 9.79. The smallest absolute Gasteiger partial charge is 0.222 e. The normalized spacial score (nSPS) is 25.1. The van der Waals surface area contributed by atoms with Crippen molar-refractivity contribution in [3.8, 4) is 0 Å². The van der Waals surface area contributed by atoms with Crippen molar-refractivity contribution in [1.29, 1.82) is 0 Å². The van der Waals surface area contributed by atoms with Crippen molar-refractivity contribution < 1.29 is 4.79 Å². The molecular formula is C17H32N2O. The Labute approximate surface area is 124 Å². The highest BCUT2D eigenvalue weighted by Gasteiger charge is 2.22. The second-order valence-electron chi connectivity index (χ2n) is 6.64. The molecule has 2 fully saturated rings. The number of nitrogens with zero attached hydrogens (tertiary/aromatic N) is 1.